The van der Waals surface area contributed by atoms with E-state index in [0.717, 1.165) is 23.4 Å². The van der Waals surface area contributed by atoms with Crippen LogP contribution in [0, 0.1) is 16.7 Å². The fraction of sp³-hybridized carbons (Fsp3) is 0.500. The third-order valence-corrected chi connectivity index (χ3v) is 6.15. The number of carbonyl (C=O) groups is 1. The van der Waals surface area contributed by atoms with Crippen molar-refractivity contribution in [3.63, 3.8) is 0 Å². The minimum absolute atomic E-state index is 0.0867. The Morgan fingerprint density at radius 2 is 1.90 bits per heavy atom. The molecule has 2 aliphatic heterocycles. The summed E-state index contributed by atoms with van der Waals surface area (Å²) in [6.07, 6.45) is 1.17. The Morgan fingerprint density at radius 3 is 2.52 bits per heavy atom. The third-order valence-electron chi connectivity index (χ3n) is 6.15. The smallest absolute Gasteiger partial charge is 0.162 e. The molecule has 0 aromatic heterocycles. The highest BCUT2D eigenvalue weighted by molar-refractivity contribution is 6.00. The first-order valence-electron chi connectivity index (χ1n) is 10.9. The molecule has 0 spiro atoms. The highest BCUT2D eigenvalue weighted by atomic mass is 16.5. The normalized spacial score (nSPS) is 24.1. The van der Waals surface area contributed by atoms with Crippen LogP contribution < -0.4 is 10.5 Å². The van der Waals surface area contributed by atoms with Crippen LogP contribution in [0.15, 0.2) is 46.9 Å². The molecule has 2 heterocycles. The van der Waals surface area contributed by atoms with Crippen LogP contribution in [0.2, 0.25) is 0 Å². The van der Waals surface area contributed by atoms with Gasteiger partial charge in [0.2, 0.25) is 0 Å². The number of benzene rings is 1. The van der Waals surface area contributed by atoms with Gasteiger partial charge < -0.3 is 15.2 Å². The summed E-state index contributed by atoms with van der Waals surface area (Å²) < 4.78 is 11.1. The van der Waals surface area contributed by atoms with Crippen LogP contribution >= 0.6 is 0 Å². The first kappa shape index (κ1) is 21.4. The minimum atomic E-state index is -0.462. The van der Waals surface area contributed by atoms with Crippen molar-refractivity contribution in [1.29, 1.82) is 5.26 Å². The van der Waals surface area contributed by atoms with Gasteiger partial charge in [-0.15, -0.1) is 0 Å². The topological polar surface area (TPSA) is 91.8 Å². The number of ether oxygens (including phenoxy) is 2. The summed E-state index contributed by atoms with van der Waals surface area (Å²) in [5.74, 6) is 0.797. The van der Waals surface area contributed by atoms with Crippen LogP contribution in [0.5, 0.6) is 5.75 Å². The summed E-state index contributed by atoms with van der Waals surface area (Å²) in [6, 6.07) is 9.96. The zero-order chi connectivity index (χ0) is 22.2. The van der Waals surface area contributed by atoms with E-state index in [0.29, 0.717) is 56.3 Å². The molecule has 1 aromatic carbocycles. The van der Waals surface area contributed by atoms with Crippen molar-refractivity contribution < 1.29 is 14.3 Å². The Morgan fingerprint density at radius 1 is 1.23 bits per heavy atom. The minimum Gasteiger partial charge on any atom is -0.494 e. The van der Waals surface area contributed by atoms with E-state index in [4.69, 9.17) is 15.2 Å². The molecule has 2 N–H and O–H groups in total. The average Bonchev–Trinajstić information content (AvgIpc) is 2.73. The van der Waals surface area contributed by atoms with Gasteiger partial charge in [0.05, 0.1) is 37.4 Å². The Labute approximate surface area is 183 Å². The molecule has 0 unspecified atom stereocenters. The molecule has 0 radical (unpaired) electrons. The molecule has 0 amide bonds. The molecule has 3 aliphatic rings. The molecule has 31 heavy (non-hydrogen) atoms. The molecule has 7 nitrogen and oxygen atoms in total. The number of hydrazine groups is 1. The summed E-state index contributed by atoms with van der Waals surface area (Å²) >= 11 is 0. The van der Waals surface area contributed by atoms with Gasteiger partial charge in [0.1, 0.15) is 11.6 Å². The van der Waals surface area contributed by atoms with Gasteiger partial charge in [-0.05, 0) is 36.5 Å². The molecule has 1 saturated heterocycles. The van der Waals surface area contributed by atoms with Crippen molar-refractivity contribution in [1.82, 2.24) is 10.0 Å². The molecule has 1 aromatic rings. The van der Waals surface area contributed by atoms with Crippen LogP contribution in [0.1, 0.15) is 45.1 Å². The predicted octanol–water partition coefficient (Wildman–Crippen LogP) is 3.07. The molecular weight excluding hydrogens is 392 g/mol. The molecule has 164 valence electrons. The van der Waals surface area contributed by atoms with Gasteiger partial charge in [-0.1, -0.05) is 26.0 Å². The largest absolute Gasteiger partial charge is 0.494 e. The van der Waals surface area contributed by atoms with Crippen molar-refractivity contribution >= 4 is 5.78 Å². The number of ketones is 1. The highest BCUT2D eigenvalue weighted by Gasteiger charge is 2.45. The maximum absolute atomic E-state index is 13.5. The van der Waals surface area contributed by atoms with Gasteiger partial charge in [0, 0.05) is 30.8 Å². The standard InChI is InChI=1S/C24H30N4O3/c1-4-31-17-7-5-16(6-8-17)21-18(15-25)23(26)28(27-9-11-30-12-10-27)19-13-24(2,3)14-20(29)22(19)21/h5-8,21H,4,9-14,26H2,1-3H3/t21-/m1/s1. The molecule has 1 fully saturated rings. The summed E-state index contributed by atoms with van der Waals surface area (Å²) in [5.41, 5.74) is 9.38. The number of morpholine rings is 1. The summed E-state index contributed by atoms with van der Waals surface area (Å²) in [7, 11) is 0. The summed E-state index contributed by atoms with van der Waals surface area (Å²) in [6.45, 7) is 9.25. The number of nitrogens with zero attached hydrogens (tertiary/aromatic N) is 3. The van der Waals surface area contributed by atoms with Crippen molar-refractivity contribution in [2.24, 2.45) is 11.1 Å². The van der Waals surface area contributed by atoms with Crippen molar-refractivity contribution in [3.8, 4) is 11.8 Å². The van der Waals surface area contributed by atoms with E-state index in [1.807, 2.05) is 36.2 Å². The van der Waals surface area contributed by atoms with Gasteiger partial charge in [-0.3, -0.25) is 9.80 Å². The fourth-order valence-corrected chi connectivity index (χ4v) is 4.83. The van der Waals surface area contributed by atoms with E-state index in [1.165, 1.54) is 0 Å². The second-order valence-electron chi connectivity index (χ2n) is 9.02. The van der Waals surface area contributed by atoms with Crippen LogP contribution in [0.25, 0.3) is 0 Å². The zero-order valence-corrected chi connectivity index (χ0v) is 18.5. The Balaban J connectivity index is 1.86. The lowest BCUT2D eigenvalue weighted by molar-refractivity contribution is -0.119. The number of Topliss-reactive ketones (excluding diaryl/α,β-unsaturated/α-hetero) is 1. The highest BCUT2D eigenvalue weighted by Crippen LogP contribution is 2.49. The van der Waals surface area contributed by atoms with E-state index < -0.39 is 5.92 Å². The van der Waals surface area contributed by atoms with Gasteiger partial charge in [0.15, 0.2) is 5.78 Å². The molecule has 4 rings (SSSR count). The number of nitrogens with two attached hydrogens (primary N) is 1. The fourth-order valence-electron chi connectivity index (χ4n) is 4.83. The third kappa shape index (κ3) is 3.93. The summed E-state index contributed by atoms with van der Waals surface area (Å²) in [5, 5.41) is 14.1. The lowest BCUT2D eigenvalue weighted by Gasteiger charge is -2.48. The number of rotatable bonds is 4. The van der Waals surface area contributed by atoms with Crippen LogP contribution in [0.3, 0.4) is 0 Å². The van der Waals surface area contributed by atoms with Gasteiger partial charge in [0.25, 0.3) is 0 Å². The number of carbonyl (C=O) groups excluding carboxylic acids is 1. The first-order chi connectivity index (χ1) is 14.9. The second kappa shape index (κ2) is 8.37. The molecule has 7 heteroatoms. The molecule has 0 saturated carbocycles. The van der Waals surface area contributed by atoms with E-state index in [-0.39, 0.29) is 11.2 Å². The molecular formula is C24H30N4O3. The number of allylic oxidation sites excluding steroid dienone is 3. The summed E-state index contributed by atoms with van der Waals surface area (Å²) in [4.78, 5) is 13.5. The molecule has 1 aliphatic carbocycles. The SMILES string of the molecule is CCOc1ccc([C@@H]2C(C#N)=C(N)N(N3CCOCC3)C3=C2C(=O)CC(C)(C)C3)cc1. The average molecular weight is 423 g/mol. The van der Waals surface area contributed by atoms with Crippen LogP contribution in [-0.4, -0.2) is 48.7 Å². The van der Waals surface area contributed by atoms with E-state index in [9.17, 15) is 10.1 Å². The monoisotopic (exact) mass is 422 g/mol. The Kier molecular flexibility index (Phi) is 5.78. The van der Waals surface area contributed by atoms with Crippen LogP contribution in [0.4, 0.5) is 0 Å². The van der Waals surface area contributed by atoms with Gasteiger partial charge in [-0.25, -0.2) is 5.01 Å². The van der Waals surface area contributed by atoms with E-state index in [1.54, 1.807) is 0 Å². The first-order valence-corrected chi connectivity index (χ1v) is 10.9. The van der Waals surface area contributed by atoms with E-state index >= 15 is 0 Å². The van der Waals surface area contributed by atoms with Crippen molar-refractivity contribution in [2.75, 3.05) is 32.9 Å². The number of nitriles is 1. The lowest BCUT2D eigenvalue weighted by atomic mass is 9.69. The molecule has 1 atom stereocenters. The van der Waals surface area contributed by atoms with Crippen LogP contribution in [-0.2, 0) is 9.53 Å². The maximum atomic E-state index is 13.5. The Bertz CT molecular complexity index is 966. The lowest BCUT2D eigenvalue weighted by Crippen LogP contribution is -2.53. The van der Waals surface area contributed by atoms with Gasteiger partial charge >= 0.3 is 0 Å². The van der Waals surface area contributed by atoms with E-state index in [2.05, 4.69) is 24.9 Å². The zero-order valence-electron chi connectivity index (χ0n) is 18.5. The molecule has 0 bridgehead atoms. The number of hydrogen-bond acceptors (Lipinski definition) is 7. The predicted molar refractivity (Wildman–Crippen MR) is 116 cm³/mol. The second-order valence-corrected chi connectivity index (χ2v) is 9.02. The van der Waals surface area contributed by atoms with Crippen molar-refractivity contribution in [3.05, 3.63) is 52.5 Å². The van der Waals surface area contributed by atoms with Gasteiger partial charge in [-0.2, -0.15) is 5.26 Å². The quantitative estimate of drug-likeness (QED) is 0.797. The number of hydrogen-bond donors (Lipinski definition) is 1. The van der Waals surface area contributed by atoms with Crippen molar-refractivity contribution in [2.45, 2.75) is 39.5 Å². The maximum Gasteiger partial charge on any atom is 0.162 e. The Hall–Kier alpha value is -2.82.